The van der Waals surface area contributed by atoms with Gasteiger partial charge in [-0.15, -0.1) is 0 Å². The number of hydrogen-bond donors (Lipinski definition) is 1. The van der Waals surface area contributed by atoms with Crippen LogP contribution in [0.3, 0.4) is 0 Å². The van der Waals surface area contributed by atoms with Gasteiger partial charge < -0.3 is 14.6 Å². The molecule has 0 spiro atoms. The van der Waals surface area contributed by atoms with Crippen molar-refractivity contribution in [3.8, 4) is 0 Å². The van der Waals surface area contributed by atoms with Crippen LogP contribution in [0.4, 0.5) is 19.1 Å². The van der Waals surface area contributed by atoms with Gasteiger partial charge in [-0.25, -0.2) is 15.0 Å². The number of aryl methyl sites for hydroxylation is 1. The van der Waals surface area contributed by atoms with Crippen molar-refractivity contribution in [2.75, 3.05) is 11.9 Å². The number of imidazole rings is 1. The molecule has 3 heterocycles. The van der Waals surface area contributed by atoms with Crippen LogP contribution in [0.1, 0.15) is 37.4 Å². The average molecular weight is 341 g/mol. The molecule has 1 aliphatic heterocycles. The molecule has 0 aromatic carbocycles. The number of alkyl halides is 3. The third kappa shape index (κ3) is 3.50. The summed E-state index contributed by atoms with van der Waals surface area (Å²) in [6, 6.07) is 0.610. The molecule has 2 atom stereocenters. The summed E-state index contributed by atoms with van der Waals surface area (Å²) in [5.41, 5.74) is -0.969. The monoisotopic (exact) mass is 341 g/mol. The molecule has 0 aliphatic carbocycles. The molecule has 0 radical (unpaired) electrons. The van der Waals surface area contributed by atoms with Crippen molar-refractivity contribution < 1.29 is 17.9 Å². The fourth-order valence-electron chi connectivity index (χ4n) is 2.78. The van der Waals surface area contributed by atoms with Gasteiger partial charge in [-0.3, -0.25) is 0 Å². The fraction of sp³-hybridized carbons (Fsp3) is 0.533. The molecular formula is C15H18F3N5O. The Morgan fingerprint density at radius 3 is 2.92 bits per heavy atom. The molecule has 0 bridgehead atoms. The second-order valence-electron chi connectivity index (χ2n) is 5.52. The van der Waals surface area contributed by atoms with E-state index in [0.29, 0.717) is 6.61 Å². The molecule has 2 aromatic heterocycles. The highest BCUT2D eigenvalue weighted by Crippen LogP contribution is 2.31. The summed E-state index contributed by atoms with van der Waals surface area (Å²) < 4.78 is 46.1. The van der Waals surface area contributed by atoms with Gasteiger partial charge in [0, 0.05) is 31.7 Å². The molecule has 6 nitrogen and oxygen atoms in total. The number of halogens is 3. The Labute approximate surface area is 137 Å². The van der Waals surface area contributed by atoms with Gasteiger partial charge in [-0.2, -0.15) is 13.2 Å². The first-order valence-corrected chi connectivity index (χ1v) is 7.78. The molecule has 1 N–H and O–H groups in total. The zero-order valence-corrected chi connectivity index (χ0v) is 13.1. The maximum absolute atomic E-state index is 12.8. The minimum Gasteiger partial charge on any atom is -0.368 e. The van der Waals surface area contributed by atoms with Gasteiger partial charge in [-0.05, 0) is 25.8 Å². The topological polar surface area (TPSA) is 64.9 Å². The lowest BCUT2D eigenvalue weighted by Gasteiger charge is -2.32. The van der Waals surface area contributed by atoms with Gasteiger partial charge in [0.05, 0.1) is 6.04 Å². The molecule has 130 valence electrons. The Morgan fingerprint density at radius 1 is 1.33 bits per heavy atom. The molecule has 9 heteroatoms. The van der Waals surface area contributed by atoms with Crippen molar-refractivity contribution in [2.45, 2.75) is 44.6 Å². The van der Waals surface area contributed by atoms with E-state index in [4.69, 9.17) is 4.74 Å². The fourth-order valence-corrected chi connectivity index (χ4v) is 2.78. The SMILES string of the molecule is CCn1ccnc1[C@H]1OCCC[C@@H]1Nc1nccc(C(F)(F)F)n1. The molecule has 0 amide bonds. The van der Waals surface area contributed by atoms with E-state index in [-0.39, 0.29) is 18.1 Å². The van der Waals surface area contributed by atoms with E-state index >= 15 is 0 Å². The van der Waals surface area contributed by atoms with Crippen LogP contribution in [0, 0.1) is 0 Å². The van der Waals surface area contributed by atoms with Crippen LogP contribution in [-0.2, 0) is 17.5 Å². The Morgan fingerprint density at radius 2 is 2.17 bits per heavy atom. The molecule has 1 fully saturated rings. The molecule has 0 saturated carbocycles. The van der Waals surface area contributed by atoms with E-state index in [0.717, 1.165) is 37.5 Å². The molecule has 2 aromatic rings. The number of rotatable bonds is 4. The summed E-state index contributed by atoms with van der Waals surface area (Å²) in [5.74, 6) is 0.696. The number of anilines is 1. The first kappa shape index (κ1) is 16.7. The Balaban J connectivity index is 1.82. The zero-order valence-electron chi connectivity index (χ0n) is 13.1. The summed E-state index contributed by atoms with van der Waals surface area (Å²) in [4.78, 5) is 11.8. The van der Waals surface area contributed by atoms with Crippen LogP contribution in [0.5, 0.6) is 0 Å². The van der Waals surface area contributed by atoms with E-state index in [2.05, 4.69) is 20.3 Å². The third-order valence-corrected chi connectivity index (χ3v) is 3.93. The second-order valence-corrected chi connectivity index (χ2v) is 5.52. The van der Waals surface area contributed by atoms with E-state index in [1.165, 1.54) is 0 Å². The first-order valence-electron chi connectivity index (χ1n) is 7.78. The third-order valence-electron chi connectivity index (χ3n) is 3.93. The molecule has 3 rings (SSSR count). The Bertz CT molecular complexity index is 688. The Hall–Kier alpha value is -2.16. The van der Waals surface area contributed by atoms with Crippen LogP contribution in [-0.4, -0.2) is 32.2 Å². The van der Waals surface area contributed by atoms with Gasteiger partial charge in [-0.1, -0.05) is 0 Å². The zero-order chi connectivity index (χ0) is 17.2. The molecule has 24 heavy (non-hydrogen) atoms. The van der Waals surface area contributed by atoms with Crippen LogP contribution < -0.4 is 5.32 Å². The molecular weight excluding hydrogens is 323 g/mol. The summed E-state index contributed by atoms with van der Waals surface area (Å²) >= 11 is 0. The molecule has 0 unspecified atom stereocenters. The normalized spacial score (nSPS) is 21.7. The van der Waals surface area contributed by atoms with Crippen molar-refractivity contribution in [3.63, 3.8) is 0 Å². The van der Waals surface area contributed by atoms with Crippen LogP contribution in [0.25, 0.3) is 0 Å². The van der Waals surface area contributed by atoms with E-state index in [1.54, 1.807) is 6.20 Å². The predicted molar refractivity (Wildman–Crippen MR) is 80.3 cm³/mol. The van der Waals surface area contributed by atoms with Crippen molar-refractivity contribution in [1.82, 2.24) is 19.5 Å². The lowest BCUT2D eigenvalue weighted by Crippen LogP contribution is -2.36. The van der Waals surface area contributed by atoms with Crippen molar-refractivity contribution in [3.05, 3.63) is 36.2 Å². The highest BCUT2D eigenvalue weighted by atomic mass is 19.4. The number of ether oxygens (including phenoxy) is 1. The molecule has 1 aliphatic rings. The number of nitrogens with zero attached hydrogens (tertiary/aromatic N) is 4. The number of hydrogen-bond acceptors (Lipinski definition) is 5. The minimum absolute atomic E-state index is 0.0556. The van der Waals surface area contributed by atoms with Crippen molar-refractivity contribution in [2.24, 2.45) is 0 Å². The maximum atomic E-state index is 12.8. The summed E-state index contributed by atoms with van der Waals surface area (Å²) in [6.07, 6.45) is 1.33. The number of nitrogens with one attached hydrogen (secondary N) is 1. The minimum atomic E-state index is -4.50. The molecule has 1 saturated heterocycles. The summed E-state index contributed by atoms with van der Waals surface area (Å²) in [6.45, 7) is 3.32. The first-order chi connectivity index (χ1) is 11.5. The van der Waals surface area contributed by atoms with Crippen molar-refractivity contribution in [1.29, 1.82) is 0 Å². The van der Waals surface area contributed by atoms with Crippen LogP contribution >= 0.6 is 0 Å². The number of aromatic nitrogens is 4. The van der Waals surface area contributed by atoms with Gasteiger partial charge in [0.1, 0.15) is 17.6 Å². The largest absolute Gasteiger partial charge is 0.433 e. The maximum Gasteiger partial charge on any atom is 0.433 e. The van der Waals surface area contributed by atoms with Crippen molar-refractivity contribution >= 4 is 5.95 Å². The van der Waals surface area contributed by atoms with Crippen LogP contribution in [0.15, 0.2) is 24.7 Å². The second kappa shape index (κ2) is 6.76. The smallest absolute Gasteiger partial charge is 0.368 e. The average Bonchev–Trinajstić information content (AvgIpc) is 3.03. The summed E-state index contributed by atoms with van der Waals surface area (Å²) in [5, 5.41) is 2.98. The van der Waals surface area contributed by atoms with Gasteiger partial charge in [0.15, 0.2) is 0 Å². The summed E-state index contributed by atoms with van der Waals surface area (Å²) in [7, 11) is 0. The van der Waals surface area contributed by atoms with Gasteiger partial charge in [0.25, 0.3) is 0 Å². The van der Waals surface area contributed by atoms with E-state index in [1.807, 2.05) is 17.7 Å². The van der Waals surface area contributed by atoms with E-state index in [9.17, 15) is 13.2 Å². The standard InChI is InChI=1S/C15H18F3N5O/c1-2-23-8-7-19-13(23)12-10(4-3-9-24-12)21-14-20-6-5-11(22-14)15(16,17)18/h5-8,10,12H,2-4,9H2,1H3,(H,20,21,22)/t10-,12-/m0/s1. The Kier molecular flexibility index (Phi) is 4.70. The highest BCUT2D eigenvalue weighted by Gasteiger charge is 2.34. The quantitative estimate of drug-likeness (QED) is 0.926. The highest BCUT2D eigenvalue weighted by molar-refractivity contribution is 5.29. The van der Waals surface area contributed by atoms with Gasteiger partial charge in [0.2, 0.25) is 5.95 Å². The van der Waals surface area contributed by atoms with Gasteiger partial charge >= 0.3 is 6.18 Å². The lowest BCUT2D eigenvalue weighted by molar-refractivity contribution is -0.141. The predicted octanol–water partition coefficient (Wildman–Crippen LogP) is 3.04. The van der Waals surface area contributed by atoms with E-state index < -0.39 is 11.9 Å². The lowest BCUT2D eigenvalue weighted by atomic mass is 10.0. The van der Waals surface area contributed by atoms with Crippen LogP contribution in [0.2, 0.25) is 0 Å².